The number of nitro benzene ring substituents is 1. The van der Waals surface area contributed by atoms with Crippen molar-refractivity contribution >= 4 is 11.7 Å². The number of aromatic amines is 1. The number of H-pyrrole nitrogens is 1. The van der Waals surface area contributed by atoms with Crippen LogP contribution in [0.4, 0.5) is 5.69 Å². The molecule has 10 nitrogen and oxygen atoms in total. The molecule has 0 saturated carbocycles. The third kappa shape index (κ3) is 4.91. The second kappa shape index (κ2) is 9.03. The van der Waals surface area contributed by atoms with Gasteiger partial charge in [0.15, 0.2) is 5.69 Å². The predicted molar refractivity (Wildman–Crippen MR) is 101 cm³/mol. The number of aromatic hydroxyl groups is 1. The van der Waals surface area contributed by atoms with Gasteiger partial charge in [0, 0.05) is 37.0 Å². The number of nitrogens with zero attached hydrogens (tertiary/aromatic N) is 2. The number of hydrogen-bond donors (Lipinski definition) is 3. The normalized spacial score (nSPS) is 16.9. The lowest BCUT2D eigenvalue weighted by Crippen LogP contribution is -2.43. The molecule has 1 saturated heterocycles. The number of esters is 1. The van der Waals surface area contributed by atoms with Gasteiger partial charge in [-0.15, -0.1) is 0 Å². The van der Waals surface area contributed by atoms with E-state index in [9.17, 15) is 25.1 Å². The number of aromatic nitrogens is 1. The first-order chi connectivity index (χ1) is 13.9. The standard InChI is InChI=1S/C19H23N3O7/c1-12(23)18(21-6-8-28-9-7-21)15-10-16(24)17(20-15)19(25)29-11-13-2-4-14(5-3-13)22(26)27/h2-5,10,12,18,20,23-24H,6-9,11H2,1H3/t12-,18-/m1/s1. The molecular formula is C19H23N3O7. The maximum Gasteiger partial charge on any atom is 0.358 e. The Morgan fingerprint density at radius 2 is 2.00 bits per heavy atom. The van der Waals surface area contributed by atoms with E-state index in [1.54, 1.807) is 6.92 Å². The number of nitrogens with one attached hydrogen (secondary N) is 1. The monoisotopic (exact) mass is 405 g/mol. The van der Waals surface area contributed by atoms with Crippen molar-refractivity contribution < 1.29 is 29.4 Å². The lowest BCUT2D eigenvalue weighted by molar-refractivity contribution is -0.384. The topological polar surface area (TPSA) is 138 Å². The SMILES string of the molecule is C[C@@H](O)[C@H](c1cc(O)c(C(=O)OCc2ccc([N+](=O)[O-])cc2)[nH]1)N1CCOCC1. The molecule has 2 atom stereocenters. The van der Waals surface area contributed by atoms with Crippen LogP contribution in [-0.2, 0) is 16.1 Å². The highest BCUT2D eigenvalue weighted by Gasteiger charge is 2.30. The minimum Gasteiger partial charge on any atom is -0.505 e. The van der Waals surface area contributed by atoms with Gasteiger partial charge in [0.05, 0.1) is 30.3 Å². The number of aliphatic hydroxyl groups excluding tert-OH is 1. The van der Waals surface area contributed by atoms with Gasteiger partial charge in [-0.1, -0.05) is 0 Å². The average Bonchev–Trinajstić information content (AvgIpc) is 3.08. The first kappa shape index (κ1) is 20.8. The Morgan fingerprint density at radius 3 is 2.59 bits per heavy atom. The van der Waals surface area contributed by atoms with Crippen molar-refractivity contribution in [1.29, 1.82) is 0 Å². The van der Waals surface area contributed by atoms with Gasteiger partial charge in [0.1, 0.15) is 12.4 Å². The zero-order valence-electron chi connectivity index (χ0n) is 15.9. The molecule has 1 fully saturated rings. The number of non-ortho nitro benzene ring substituents is 1. The third-order valence-electron chi connectivity index (χ3n) is 4.75. The molecule has 0 spiro atoms. The Hall–Kier alpha value is -2.95. The summed E-state index contributed by atoms with van der Waals surface area (Å²) in [5.41, 5.74) is 0.909. The van der Waals surface area contributed by atoms with Crippen molar-refractivity contribution in [2.45, 2.75) is 25.7 Å². The molecule has 0 unspecified atom stereocenters. The summed E-state index contributed by atoms with van der Waals surface area (Å²) in [4.78, 5) is 27.4. The molecule has 2 heterocycles. The zero-order chi connectivity index (χ0) is 21.0. The molecule has 1 aromatic carbocycles. The molecule has 0 radical (unpaired) electrons. The largest absolute Gasteiger partial charge is 0.505 e. The van der Waals surface area contributed by atoms with Crippen molar-refractivity contribution in [1.82, 2.24) is 9.88 Å². The minimum absolute atomic E-state index is 0.0565. The highest BCUT2D eigenvalue weighted by Crippen LogP contribution is 2.30. The number of benzene rings is 1. The summed E-state index contributed by atoms with van der Waals surface area (Å²) in [6.07, 6.45) is -0.741. The second-order valence-electron chi connectivity index (χ2n) is 6.82. The van der Waals surface area contributed by atoms with E-state index in [-0.39, 0.29) is 23.7 Å². The number of rotatable bonds is 7. The summed E-state index contributed by atoms with van der Waals surface area (Å²) < 4.78 is 10.5. The second-order valence-corrected chi connectivity index (χ2v) is 6.82. The summed E-state index contributed by atoms with van der Waals surface area (Å²) in [7, 11) is 0. The van der Waals surface area contributed by atoms with Crippen molar-refractivity contribution in [3.8, 4) is 5.75 Å². The lowest BCUT2D eigenvalue weighted by atomic mass is 10.1. The highest BCUT2D eigenvalue weighted by molar-refractivity contribution is 5.90. The van der Waals surface area contributed by atoms with E-state index < -0.39 is 23.0 Å². The zero-order valence-corrected chi connectivity index (χ0v) is 15.9. The van der Waals surface area contributed by atoms with Crippen LogP contribution in [0.15, 0.2) is 30.3 Å². The molecule has 156 valence electrons. The van der Waals surface area contributed by atoms with Gasteiger partial charge < -0.3 is 24.7 Å². The number of morpholine rings is 1. The Bertz CT molecular complexity index is 857. The fourth-order valence-corrected chi connectivity index (χ4v) is 3.33. The summed E-state index contributed by atoms with van der Waals surface area (Å²) in [6, 6.07) is 6.61. The molecular weight excluding hydrogens is 382 g/mol. The smallest absolute Gasteiger partial charge is 0.358 e. The Labute approximate surface area is 166 Å². The maximum atomic E-state index is 12.4. The third-order valence-corrected chi connectivity index (χ3v) is 4.75. The van der Waals surface area contributed by atoms with Crippen LogP contribution < -0.4 is 0 Å². The summed E-state index contributed by atoms with van der Waals surface area (Å²) in [5.74, 6) is -1.04. The Balaban J connectivity index is 1.69. The molecule has 29 heavy (non-hydrogen) atoms. The van der Waals surface area contributed by atoms with Crippen LogP contribution in [0, 0.1) is 10.1 Å². The molecule has 0 amide bonds. The van der Waals surface area contributed by atoms with Crippen molar-refractivity contribution in [2.24, 2.45) is 0 Å². The van der Waals surface area contributed by atoms with E-state index in [2.05, 4.69) is 4.98 Å². The fraction of sp³-hybridized carbons (Fsp3) is 0.421. The van der Waals surface area contributed by atoms with E-state index in [4.69, 9.17) is 9.47 Å². The van der Waals surface area contributed by atoms with Crippen LogP contribution in [0.25, 0.3) is 0 Å². The molecule has 1 aromatic heterocycles. The van der Waals surface area contributed by atoms with Crippen LogP contribution >= 0.6 is 0 Å². The molecule has 3 N–H and O–H groups in total. The first-order valence-corrected chi connectivity index (χ1v) is 9.19. The number of nitro groups is 1. The van der Waals surface area contributed by atoms with E-state index in [1.807, 2.05) is 4.90 Å². The average molecular weight is 405 g/mol. The quantitative estimate of drug-likeness (QED) is 0.360. The Kier molecular flexibility index (Phi) is 6.47. The number of hydrogen-bond acceptors (Lipinski definition) is 8. The van der Waals surface area contributed by atoms with Gasteiger partial charge >= 0.3 is 5.97 Å². The number of carbonyl (C=O) groups excluding carboxylic acids is 1. The van der Waals surface area contributed by atoms with Crippen LogP contribution in [0.1, 0.15) is 34.7 Å². The Morgan fingerprint density at radius 1 is 1.34 bits per heavy atom. The highest BCUT2D eigenvalue weighted by atomic mass is 16.6. The summed E-state index contributed by atoms with van der Waals surface area (Å²) in [6.45, 7) is 3.86. The molecule has 2 aromatic rings. The maximum absolute atomic E-state index is 12.4. The minimum atomic E-state index is -0.765. The molecule has 3 rings (SSSR count). The van der Waals surface area contributed by atoms with Gasteiger partial charge in [-0.25, -0.2) is 4.79 Å². The number of carbonyl (C=O) groups is 1. The van der Waals surface area contributed by atoms with Gasteiger partial charge in [-0.2, -0.15) is 0 Å². The van der Waals surface area contributed by atoms with E-state index in [0.717, 1.165) is 0 Å². The predicted octanol–water partition coefficient (Wildman–Crippen LogP) is 1.74. The van der Waals surface area contributed by atoms with E-state index in [1.165, 1.54) is 30.3 Å². The summed E-state index contributed by atoms with van der Waals surface area (Å²) in [5, 5.41) is 31.1. The van der Waals surface area contributed by atoms with Gasteiger partial charge in [-0.3, -0.25) is 15.0 Å². The molecule has 0 bridgehead atoms. The van der Waals surface area contributed by atoms with Gasteiger partial charge in [-0.05, 0) is 24.6 Å². The fourth-order valence-electron chi connectivity index (χ4n) is 3.33. The van der Waals surface area contributed by atoms with Crippen LogP contribution in [-0.4, -0.2) is 63.4 Å². The van der Waals surface area contributed by atoms with Gasteiger partial charge in [0.2, 0.25) is 0 Å². The van der Waals surface area contributed by atoms with Crippen LogP contribution in [0.3, 0.4) is 0 Å². The number of ether oxygens (including phenoxy) is 2. The van der Waals surface area contributed by atoms with Crippen LogP contribution in [0.2, 0.25) is 0 Å². The van der Waals surface area contributed by atoms with Crippen molar-refractivity contribution in [2.75, 3.05) is 26.3 Å². The molecule has 10 heteroatoms. The van der Waals surface area contributed by atoms with E-state index >= 15 is 0 Å². The molecule has 1 aliphatic heterocycles. The lowest BCUT2D eigenvalue weighted by Gasteiger charge is -2.35. The van der Waals surface area contributed by atoms with Crippen molar-refractivity contribution in [3.05, 3.63) is 57.4 Å². The summed E-state index contributed by atoms with van der Waals surface area (Å²) >= 11 is 0. The molecule has 1 aliphatic rings. The molecule has 0 aliphatic carbocycles. The van der Waals surface area contributed by atoms with E-state index in [0.29, 0.717) is 37.6 Å². The first-order valence-electron chi connectivity index (χ1n) is 9.19. The van der Waals surface area contributed by atoms with Gasteiger partial charge in [0.25, 0.3) is 5.69 Å². The van der Waals surface area contributed by atoms with Crippen LogP contribution in [0.5, 0.6) is 5.75 Å². The number of aliphatic hydroxyl groups is 1. The van der Waals surface area contributed by atoms with Crippen molar-refractivity contribution in [3.63, 3.8) is 0 Å².